The molecule has 0 spiro atoms. The van der Waals surface area contributed by atoms with Crippen LogP contribution in [0.25, 0.3) is 0 Å². The molecule has 2 rings (SSSR count). The Morgan fingerprint density at radius 2 is 1.90 bits per heavy atom. The number of nitro groups is 2. The predicted molar refractivity (Wildman–Crippen MR) is 70.5 cm³/mol. The average molecular weight is 277 g/mol. The molecular weight excluding hydrogens is 266 g/mol. The van der Waals surface area contributed by atoms with Crippen molar-refractivity contribution in [1.82, 2.24) is 0 Å². The van der Waals surface area contributed by atoms with E-state index in [1.54, 1.807) is 19.1 Å². The molecule has 0 aliphatic heterocycles. The van der Waals surface area contributed by atoms with E-state index in [0.717, 1.165) is 0 Å². The van der Waals surface area contributed by atoms with Crippen LogP contribution in [-0.2, 0) is 6.54 Å². The van der Waals surface area contributed by atoms with Crippen molar-refractivity contribution in [2.75, 3.05) is 5.32 Å². The second kappa shape index (κ2) is 5.39. The number of hydrogen-bond acceptors (Lipinski definition) is 6. The number of nitro benzene ring substituents is 1. The number of rotatable bonds is 5. The fourth-order valence-corrected chi connectivity index (χ4v) is 1.72. The zero-order valence-corrected chi connectivity index (χ0v) is 10.5. The van der Waals surface area contributed by atoms with Crippen molar-refractivity contribution in [3.8, 4) is 0 Å². The van der Waals surface area contributed by atoms with E-state index in [4.69, 9.17) is 4.42 Å². The zero-order chi connectivity index (χ0) is 14.7. The Balaban J connectivity index is 2.05. The number of furan rings is 1. The molecule has 0 radical (unpaired) electrons. The number of hydrogen-bond donors (Lipinski definition) is 1. The van der Waals surface area contributed by atoms with Gasteiger partial charge in [-0.25, -0.2) is 0 Å². The highest BCUT2D eigenvalue weighted by Gasteiger charge is 2.12. The number of aryl methyl sites for hydroxylation is 1. The Kier molecular flexibility index (Phi) is 3.65. The van der Waals surface area contributed by atoms with Gasteiger partial charge in [0.05, 0.1) is 17.5 Å². The molecule has 0 unspecified atom stereocenters. The summed E-state index contributed by atoms with van der Waals surface area (Å²) in [5.74, 6) is 0.0920. The van der Waals surface area contributed by atoms with Crippen LogP contribution in [0, 0.1) is 27.2 Å². The predicted octanol–water partition coefficient (Wildman–Crippen LogP) is 3.02. The molecule has 0 fully saturated rings. The maximum atomic E-state index is 10.7. The van der Waals surface area contributed by atoms with Crippen LogP contribution in [0.2, 0.25) is 0 Å². The largest absolute Gasteiger partial charge is 0.433 e. The minimum atomic E-state index is -0.612. The van der Waals surface area contributed by atoms with Crippen LogP contribution in [0.3, 0.4) is 0 Å². The van der Waals surface area contributed by atoms with Crippen molar-refractivity contribution >= 4 is 17.3 Å². The van der Waals surface area contributed by atoms with Gasteiger partial charge in [0.2, 0.25) is 0 Å². The van der Waals surface area contributed by atoms with Gasteiger partial charge in [0.1, 0.15) is 10.7 Å². The third-order valence-electron chi connectivity index (χ3n) is 2.69. The van der Waals surface area contributed by atoms with Crippen LogP contribution in [0.15, 0.2) is 34.7 Å². The maximum absolute atomic E-state index is 10.7. The first-order chi connectivity index (χ1) is 9.47. The Morgan fingerprint density at radius 1 is 1.15 bits per heavy atom. The summed E-state index contributed by atoms with van der Waals surface area (Å²) in [6.45, 7) is 1.89. The van der Waals surface area contributed by atoms with E-state index in [1.165, 1.54) is 18.2 Å². The third kappa shape index (κ3) is 2.91. The molecule has 1 aromatic carbocycles. The molecule has 8 heteroatoms. The van der Waals surface area contributed by atoms with Crippen molar-refractivity contribution in [2.24, 2.45) is 0 Å². The summed E-state index contributed by atoms with van der Waals surface area (Å²) in [5, 5.41) is 24.1. The molecule has 0 bridgehead atoms. The molecule has 0 saturated carbocycles. The third-order valence-corrected chi connectivity index (χ3v) is 2.69. The summed E-state index contributed by atoms with van der Waals surface area (Å²) in [6.07, 6.45) is 0. The lowest BCUT2D eigenvalue weighted by molar-refractivity contribution is -0.402. The molecule has 0 atom stereocenters. The van der Waals surface area contributed by atoms with Gasteiger partial charge < -0.3 is 9.73 Å². The van der Waals surface area contributed by atoms with E-state index in [1.807, 2.05) is 0 Å². The summed E-state index contributed by atoms with van der Waals surface area (Å²) >= 11 is 0. The Hall–Kier alpha value is -2.90. The molecule has 104 valence electrons. The van der Waals surface area contributed by atoms with Gasteiger partial charge in [0, 0.05) is 17.3 Å². The Morgan fingerprint density at radius 3 is 2.45 bits per heavy atom. The van der Waals surface area contributed by atoms with Crippen LogP contribution >= 0.6 is 0 Å². The molecule has 0 saturated heterocycles. The summed E-state index contributed by atoms with van der Waals surface area (Å²) in [5.41, 5.74) is 1.25. The highest BCUT2D eigenvalue weighted by atomic mass is 16.6. The van der Waals surface area contributed by atoms with Crippen molar-refractivity contribution in [3.05, 3.63) is 61.9 Å². The number of nitrogens with one attached hydrogen (secondary N) is 1. The van der Waals surface area contributed by atoms with Crippen molar-refractivity contribution < 1.29 is 14.3 Å². The monoisotopic (exact) mass is 277 g/mol. The fourth-order valence-electron chi connectivity index (χ4n) is 1.72. The first kappa shape index (κ1) is 13.5. The highest BCUT2D eigenvalue weighted by Crippen LogP contribution is 2.22. The normalized spacial score (nSPS) is 10.2. The van der Waals surface area contributed by atoms with Gasteiger partial charge in [-0.15, -0.1) is 0 Å². The van der Waals surface area contributed by atoms with Gasteiger partial charge >= 0.3 is 5.88 Å². The summed E-state index contributed by atoms with van der Waals surface area (Å²) < 4.78 is 4.99. The second-order valence-corrected chi connectivity index (χ2v) is 4.11. The SMILES string of the molecule is Cc1cc(NCc2ccc([N+](=O)[O-])o2)ccc1[N+](=O)[O-]. The van der Waals surface area contributed by atoms with E-state index < -0.39 is 9.85 Å². The average Bonchev–Trinajstić information content (AvgIpc) is 2.85. The van der Waals surface area contributed by atoms with E-state index >= 15 is 0 Å². The topological polar surface area (TPSA) is 111 Å². The Labute approximate surface area is 113 Å². The smallest absolute Gasteiger partial charge is 0.404 e. The van der Waals surface area contributed by atoms with Crippen LogP contribution < -0.4 is 5.32 Å². The maximum Gasteiger partial charge on any atom is 0.433 e. The number of anilines is 1. The molecule has 1 aromatic heterocycles. The highest BCUT2D eigenvalue weighted by molar-refractivity contribution is 5.53. The molecule has 1 heterocycles. The summed E-state index contributed by atoms with van der Waals surface area (Å²) in [4.78, 5) is 20.1. The van der Waals surface area contributed by atoms with E-state index in [-0.39, 0.29) is 18.1 Å². The first-order valence-electron chi connectivity index (χ1n) is 5.69. The quantitative estimate of drug-likeness (QED) is 0.664. The molecular formula is C12H11N3O5. The standard InChI is InChI=1S/C12H11N3O5/c1-8-6-9(2-4-11(8)14(16)17)13-7-10-3-5-12(20-10)15(18)19/h2-6,13H,7H2,1H3. The lowest BCUT2D eigenvalue weighted by Gasteiger charge is -2.05. The first-order valence-corrected chi connectivity index (χ1v) is 5.69. The fraction of sp³-hybridized carbons (Fsp3) is 0.167. The van der Waals surface area contributed by atoms with Crippen molar-refractivity contribution in [1.29, 1.82) is 0 Å². The lowest BCUT2D eigenvalue weighted by Crippen LogP contribution is -1.99. The number of nitrogens with zero attached hydrogens (tertiary/aromatic N) is 2. The molecule has 0 aliphatic rings. The minimum Gasteiger partial charge on any atom is -0.404 e. The molecule has 1 N–H and O–H groups in total. The van der Waals surface area contributed by atoms with E-state index in [0.29, 0.717) is 17.0 Å². The van der Waals surface area contributed by atoms with Crippen molar-refractivity contribution in [2.45, 2.75) is 13.5 Å². The van der Waals surface area contributed by atoms with Crippen LogP contribution in [0.1, 0.15) is 11.3 Å². The molecule has 0 aliphatic carbocycles. The van der Waals surface area contributed by atoms with Gasteiger partial charge in [0.15, 0.2) is 0 Å². The molecule has 0 amide bonds. The second-order valence-electron chi connectivity index (χ2n) is 4.11. The minimum absolute atomic E-state index is 0.0455. The summed E-state index contributed by atoms with van der Waals surface area (Å²) in [7, 11) is 0. The molecule has 2 aromatic rings. The van der Waals surface area contributed by atoms with Crippen molar-refractivity contribution in [3.63, 3.8) is 0 Å². The van der Waals surface area contributed by atoms with Gasteiger partial charge in [-0.1, -0.05) is 0 Å². The molecule has 20 heavy (non-hydrogen) atoms. The van der Waals surface area contributed by atoms with Crippen LogP contribution in [0.4, 0.5) is 17.3 Å². The van der Waals surface area contributed by atoms with Gasteiger partial charge in [-0.2, -0.15) is 0 Å². The van der Waals surface area contributed by atoms with Crippen LogP contribution in [0.5, 0.6) is 0 Å². The molecule has 8 nitrogen and oxygen atoms in total. The van der Waals surface area contributed by atoms with Gasteiger partial charge in [-0.05, 0) is 25.1 Å². The van der Waals surface area contributed by atoms with Gasteiger partial charge in [0.25, 0.3) is 5.69 Å². The Bertz CT molecular complexity index is 665. The zero-order valence-electron chi connectivity index (χ0n) is 10.5. The lowest BCUT2D eigenvalue weighted by atomic mass is 10.2. The van der Waals surface area contributed by atoms with E-state index in [2.05, 4.69) is 5.32 Å². The van der Waals surface area contributed by atoms with E-state index in [9.17, 15) is 20.2 Å². The van der Waals surface area contributed by atoms with Gasteiger partial charge in [-0.3, -0.25) is 20.2 Å². The number of benzene rings is 1. The van der Waals surface area contributed by atoms with Crippen LogP contribution in [-0.4, -0.2) is 9.85 Å². The summed E-state index contributed by atoms with van der Waals surface area (Å²) in [6, 6.07) is 7.39.